The van der Waals surface area contributed by atoms with Crippen LogP contribution in [0, 0.1) is 13.8 Å². The highest BCUT2D eigenvalue weighted by Crippen LogP contribution is 2.28. The number of para-hydroxylation sites is 1. The molecule has 2 heterocycles. The fourth-order valence-corrected chi connectivity index (χ4v) is 3.76. The fraction of sp³-hybridized carbons (Fsp3) is 0.286. The minimum absolute atomic E-state index is 0.0267. The molecule has 1 aromatic heterocycles. The predicted molar refractivity (Wildman–Crippen MR) is 105 cm³/mol. The molecule has 1 aliphatic rings. The van der Waals surface area contributed by atoms with Gasteiger partial charge in [-0.1, -0.05) is 35.9 Å². The van der Waals surface area contributed by atoms with Crippen molar-refractivity contribution in [2.24, 2.45) is 0 Å². The van der Waals surface area contributed by atoms with E-state index in [-0.39, 0.29) is 5.91 Å². The number of rotatable bonds is 2. The zero-order valence-electron chi connectivity index (χ0n) is 15.0. The van der Waals surface area contributed by atoms with Gasteiger partial charge in [0.05, 0.1) is 0 Å². The standard InChI is InChI=1S/C21H21ClN2O2/c1-14-7-8-16(22)13-18(14)23-9-11-24(12-10-23)21(25)20-15(2)17-5-3-4-6-19(17)26-20/h3-8,13H,9-12H2,1-2H3. The number of nitrogens with zero attached hydrogens (tertiary/aromatic N) is 2. The van der Waals surface area contributed by atoms with E-state index in [9.17, 15) is 4.79 Å². The van der Waals surface area contributed by atoms with Crippen LogP contribution in [0.1, 0.15) is 21.7 Å². The van der Waals surface area contributed by atoms with E-state index in [0.29, 0.717) is 18.8 Å². The normalized spacial score (nSPS) is 14.9. The lowest BCUT2D eigenvalue weighted by Gasteiger charge is -2.36. The molecule has 0 radical (unpaired) electrons. The van der Waals surface area contributed by atoms with Crippen LogP contribution in [0.25, 0.3) is 11.0 Å². The molecule has 4 rings (SSSR count). The second kappa shape index (κ2) is 6.69. The van der Waals surface area contributed by atoms with E-state index in [1.165, 1.54) is 5.56 Å². The SMILES string of the molecule is Cc1ccc(Cl)cc1N1CCN(C(=O)c2oc3ccccc3c2C)CC1. The monoisotopic (exact) mass is 368 g/mol. The maximum Gasteiger partial charge on any atom is 0.290 e. The molecule has 0 unspecified atom stereocenters. The van der Waals surface area contributed by atoms with Crippen molar-refractivity contribution in [3.63, 3.8) is 0 Å². The van der Waals surface area contributed by atoms with Gasteiger partial charge in [0.25, 0.3) is 5.91 Å². The number of carbonyl (C=O) groups is 1. The summed E-state index contributed by atoms with van der Waals surface area (Å²) in [5, 5.41) is 1.74. The summed E-state index contributed by atoms with van der Waals surface area (Å²) in [6.45, 7) is 6.94. The van der Waals surface area contributed by atoms with Crippen molar-refractivity contribution < 1.29 is 9.21 Å². The summed E-state index contributed by atoms with van der Waals surface area (Å²) >= 11 is 6.15. The Morgan fingerprint density at radius 3 is 2.50 bits per heavy atom. The summed E-state index contributed by atoms with van der Waals surface area (Å²) in [5.74, 6) is 0.430. The highest BCUT2D eigenvalue weighted by atomic mass is 35.5. The van der Waals surface area contributed by atoms with Crippen molar-refractivity contribution in [3.8, 4) is 0 Å². The third-order valence-corrected chi connectivity index (χ3v) is 5.35. The summed E-state index contributed by atoms with van der Waals surface area (Å²) in [5.41, 5.74) is 4.02. The molecule has 3 aromatic rings. The molecule has 1 fully saturated rings. The molecule has 2 aromatic carbocycles. The Balaban J connectivity index is 1.51. The number of hydrogen-bond donors (Lipinski definition) is 0. The van der Waals surface area contributed by atoms with Crippen molar-refractivity contribution >= 4 is 34.2 Å². The number of amides is 1. The quantitative estimate of drug-likeness (QED) is 0.659. The van der Waals surface area contributed by atoms with Gasteiger partial charge in [0, 0.05) is 47.8 Å². The smallest absolute Gasteiger partial charge is 0.290 e. The Morgan fingerprint density at radius 1 is 1.04 bits per heavy atom. The molecule has 4 nitrogen and oxygen atoms in total. The molecule has 0 N–H and O–H groups in total. The van der Waals surface area contributed by atoms with Crippen LogP contribution in [0.4, 0.5) is 5.69 Å². The largest absolute Gasteiger partial charge is 0.451 e. The minimum Gasteiger partial charge on any atom is -0.451 e. The lowest BCUT2D eigenvalue weighted by Crippen LogP contribution is -2.49. The molecule has 1 amide bonds. The summed E-state index contributed by atoms with van der Waals surface area (Å²) in [6, 6.07) is 13.7. The van der Waals surface area contributed by atoms with Crippen molar-refractivity contribution in [1.82, 2.24) is 4.90 Å². The van der Waals surface area contributed by atoms with Crippen LogP contribution < -0.4 is 4.90 Å². The number of anilines is 1. The minimum atomic E-state index is -0.0267. The third kappa shape index (κ3) is 2.95. The number of hydrogen-bond acceptors (Lipinski definition) is 3. The lowest BCUT2D eigenvalue weighted by molar-refractivity contribution is 0.0716. The second-order valence-electron chi connectivity index (χ2n) is 6.76. The van der Waals surface area contributed by atoms with Crippen LogP contribution in [0.15, 0.2) is 46.9 Å². The van der Waals surface area contributed by atoms with Crippen molar-refractivity contribution in [2.75, 3.05) is 31.1 Å². The highest BCUT2D eigenvalue weighted by molar-refractivity contribution is 6.30. The van der Waals surface area contributed by atoms with Gasteiger partial charge < -0.3 is 14.2 Å². The molecule has 134 valence electrons. The Labute approximate surface area is 157 Å². The predicted octanol–water partition coefficient (Wildman–Crippen LogP) is 4.67. The van der Waals surface area contributed by atoms with Crippen LogP contribution in [0.2, 0.25) is 5.02 Å². The molecule has 1 saturated heterocycles. The van der Waals surface area contributed by atoms with Gasteiger partial charge in [-0.25, -0.2) is 0 Å². The molecule has 0 spiro atoms. The summed E-state index contributed by atoms with van der Waals surface area (Å²) in [7, 11) is 0. The average Bonchev–Trinajstić information content (AvgIpc) is 3.00. The third-order valence-electron chi connectivity index (χ3n) is 5.12. The van der Waals surface area contributed by atoms with Crippen LogP contribution in [-0.4, -0.2) is 37.0 Å². The van der Waals surface area contributed by atoms with E-state index in [4.69, 9.17) is 16.0 Å². The molecule has 0 saturated carbocycles. The summed E-state index contributed by atoms with van der Waals surface area (Å²) in [6.07, 6.45) is 0. The first-order valence-corrected chi connectivity index (χ1v) is 9.21. The first-order valence-electron chi connectivity index (χ1n) is 8.83. The average molecular weight is 369 g/mol. The molecule has 26 heavy (non-hydrogen) atoms. The van der Waals surface area contributed by atoms with Crippen LogP contribution in [-0.2, 0) is 0 Å². The van der Waals surface area contributed by atoms with E-state index in [2.05, 4.69) is 11.8 Å². The summed E-state index contributed by atoms with van der Waals surface area (Å²) in [4.78, 5) is 17.1. The van der Waals surface area contributed by atoms with Crippen molar-refractivity contribution in [1.29, 1.82) is 0 Å². The van der Waals surface area contributed by atoms with Crippen LogP contribution in [0.5, 0.6) is 0 Å². The Hall–Kier alpha value is -2.46. The van der Waals surface area contributed by atoms with Gasteiger partial charge >= 0.3 is 0 Å². The first-order chi connectivity index (χ1) is 12.5. The molecule has 5 heteroatoms. The Bertz CT molecular complexity index is 971. The number of aryl methyl sites for hydroxylation is 2. The Kier molecular flexibility index (Phi) is 4.37. The highest BCUT2D eigenvalue weighted by Gasteiger charge is 2.27. The van der Waals surface area contributed by atoms with Gasteiger partial charge in [0.15, 0.2) is 5.76 Å². The summed E-state index contributed by atoms with van der Waals surface area (Å²) < 4.78 is 5.84. The van der Waals surface area contributed by atoms with Gasteiger partial charge in [-0.2, -0.15) is 0 Å². The first kappa shape index (κ1) is 17.0. The Morgan fingerprint density at radius 2 is 1.77 bits per heavy atom. The van der Waals surface area contributed by atoms with Gasteiger partial charge in [0.2, 0.25) is 0 Å². The topological polar surface area (TPSA) is 36.7 Å². The van der Waals surface area contributed by atoms with Crippen molar-refractivity contribution in [2.45, 2.75) is 13.8 Å². The number of carbonyl (C=O) groups excluding carboxylic acids is 1. The van der Waals surface area contributed by atoms with Gasteiger partial charge in [0.1, 0.15) is 5.58 Å². The van der Waals surface area contributed by atoms with E-state index < -0.39 is 0 Å². The van der Waals surface area contributed by atoms with Crippen molar-refractivity contribution in [3.05, 3.63) is 64.4 Å². The van der Waals surface area contributed by atoms with E-state index in [0.717, 1.165) is 40.3 Å². The second-order valence-corrected chi connectivity index (χ2v) is 7.20. The zero-order chi connectivity index (χ0) is 18.3. The molecule has 0 bridgehead atoms. The zero-order valence-corrected chi connectivity index (χ0v) is 15.7. The van der Waals surface area contributed by atoms with Gasteiger partial charge in [-0.05, 0) is 37.6 Å². The number of halogens is 1. The number of fused-ring (bicyclic) bond motifs is 1. The van der Waals surface area contributed by atoms with E-state index >= 15 is 0 Å². The van der Waals surface area contributed by atoms with Gasteiger partial charge in [-0.3, -0.25) is 4.79 Å². The fourth-order valence-electron chi connectivity index (χ4n) is 3.60. The lowest BCUT2D eigenvalue weighted by atomic mass is 10.1. The molecule has 1 aliphatic heterocycles. The molecular weight excluding hydrogens is 348 g/mol. The maximum atomic E-state index is 12.9. The van der Waals surface area contributed by atoms with Gasteiger partial charge in [-0.15, -0.1) is 0 Å². The number of piperazine rings is 1. The number of benzene rings is 2. The molecule has 0 atom stereocenters. The molecule has 0 aliphatic carbocycles. The van der Waals surface area contributed by atoms with Crippen LogP contribution >= 0.6 is 11.6 Å². The molecular formula is C21H21ClN2O2. The maximum absolute atomic E-state index is 12.9. The van der Waals surface area contributed by atoms with Crippen LogP contribution in [0.3, 0.4) is 0 Å². The van der Waals surface area contributed by atoms with E-state index in [1.807, 2.05) is 54.3 Å². The van der Waals surface area contributed by atoms with E-state index in [1.54, 1.807) is 0 Å². The number of furan rings is 1.